The first-order chi connectivity index (χ1) is 5.59. The summed E-state index contributed by atoms with van der Waals surface area (Å²) >= 11 is 0.928. The highest BCUT2D eigenvalue weighted by molar-refractivity contribution is 8.01. The van der Waals surface area contributed by atoms with E-state index in [2.05, 4.69) is 0 Å². The normalized spacial score (nSPS) is 29.7. The van der Waals surface area contributed by atoms with Gasteiger partial charge in [-0.2, -0.15) is 0 Å². The van der Waals surface area contributed by atoms with E-state index in [0.29, 0.717) is 12.2 Å². The zero-order valence-electron chi connectivity index (χ0n) is 6.36. The van der Waals surface area contributed by atoms with Crippen LogP contribution < -0.4 is 0 Å². The van der Waals surface area contributed by atoms with Gasteiger partial charge in [0.1, 0.15) is 0 Å². The Morgan fingerprint density at radius 2 is 2.25 bits per heavy atom. The van der Waals surface area contributed by atoms with Crippen molar-refractivity contribution in [1.82, 2.24) is 0 Å². The van der Waals surface area contributed by atoms with Crippen LogP contribution in [0, 0.1) is 10.1 Å². The molecule has 0 aromatic rings. The Bertz CT molecular complexity index is 196. The van der Waals surface area contributed by atoms with Crippen LogP contribution in [-0.2, 0) is 4.79 Å². The first kappa shape index (κ1) is 9.31. The fourth-order valence-electron chi connectivity index (χ4n) is 1.17. The molecule has 1 saturated heterocycles. The molecule has 0 aromatic carbocycles. The molecule has 0 saturated carbocycles. The van der Waals surface area contributed by atoms with Gasteiger partial charge < -0.3 is 5.11 Å². The van der Waals surface area contributed by atoms with Crippen molar-refractivity contribution in [2.75, 3.05) is 5.75 Å². The lowest BCUT2D eigenvalue weighted by Crippen LogP contribution is -2.45. The standard InChI is InChI=1S/C6H9NO4S/c8-5(9)6(7(10)11)3-1-2-4-12-6/h1-4H2,(H,8,9). The van der Waals surface area contributed by atoms with Crippen molar-refractivity contribution in [3.05, 3.63) is 10.1 Å². The fourth-order valence-corrected chi connectivity index (χ4v) is 2.37. The van der Waals surface area contributed by atoms with Crippen LogP contribution in [0.3, 0.4) is 0 Å². The third kappa shape index (κ3) is 1.38. The number of nitrogens with zero attached hydrogens (tertiary/aromatic N) is 1. The second-order valence-electron chi connectivity index (χ2n) is 2.65. The maximum Gasteiger partial charge on any atom is 0.393 e. The number of carbonyl (C=O) groups is 1. The molecule has 1 rings (SSSR count). The summed E-state index contributed by atoms with van der Waals surface area (Å²) in [5, 5.41) is 19.2. The number of rotatable bonds is 2. The summed E-state index contributed by atoms with van der Waals surface area (Å²) in [6.07, 6.45) is 1.63. The van der Waals surface area contributed by atoms with Crippen molar-refractivity contribution >= 4 is 17.7 Å². The monoisotopic (exact) mass is 191 g/mol. The zero-order chi connectivity index (χ0) is 9.19. The summed E-state index contributed by atoms with van der Waals surface area (Å²) in [5.74, 6) is -0.759. The van der Waals surface area contributed by atoms with Gasteiger partial charge in [0, 0.05) is 17.1 Å². The summed E-state index contributed by atoms with van der Waals surface area (Å²) in [6.45, 7) is 0. The van der Waals surface area contributed by atoms with Gasteiger partial charge in [0.25, 0.3) is 0 Å². The molecule has 0 aliphatic carbocycles. The van der Waals surface area contributed by atoms with E-state index in [9.17, 15) is 14.9 Å². The zero-order valence-corrected chi connectivity index (χ0v) is 7.17. The molecule has 0 bridgehead atoms. The predicted molar refractivity (Wildman–Crippen MR) is 43.7 cm³/mol. The Labute approximate surface area is 73.3 Å². The Balaban J connectivity index is 2.84. The van der Waals surface area contributed by atoms with E-state index in [4.69, 9.17) is 5.11 Å². The van der Waals surface area contributed by atoms with E-state index in [1.807, 2.05) is 0 Å². The van der Waals surface area contributed by atoms with Crippen molar-refractivity contribution in [2.24, 2.45) is 0 Å². The van der Waals surface area contributed by atoms with E-state index in [-0.39, 0.29) is 6.42 Å². The van der Waals surface area contributed by atoms with Crippen molar-refractivity contribution < 1.29 is 14.8 Å². The van der Waals surface area contributed by atoms with Crippen LogP contribution in [-0.4, -0.2) is 26.6 Å². The Kier molecular flexibility index (Phi) is 2.56. The SMILES string of the molecule is O=C(O)C1([N+](=O)[O-])CCCCS1. The molecule has 1 atom stereocenters. The van der Waals surface area contributed by atoms with Crippen molar-refractivity contribution in [2.45, 2.75) is 24.1 Å². The molecule has 5 nitrogen and oxygen atoms in total. The number of carboxylic acid groups (broad SMARTS) is 1. The van der Waals surface area contributed by atoms with Gasteiger partial charge in [-0.05, 0) is 12.8 Å². The fraction of sp³-hybridized carbons (Fsp3) is 0.833. The number of carboxylic acids is 1. The van der Waals surface area contributed by atoms with Crippen LogP contribution in [0.5, 0.6) is 0 Å². The molecule has 0 aromatic heterocycles. The van der Waals surface area contributed by atoms with Gasteiger partial charge >= 0.3 is 10.8 Å². The average molecular weight is 191 g/mol. The van der Waals surface area contributed by atoms with Crippen LogP contribution >= 0.6 is 11.8 Å². The average Bonchev–Trinajstić information content (AvgIpc) is 2.05. The lowest BCUT2D eigenvalue weighted by Gasteiger charge is -2.23. The topological polar surface area (TPSA) is 80.4 Å². The summed E-state index contributed by atoms with van der Waals surface area (Å²) in [6, 6.07) is 0. The number of hydrogen-bond donors (Lipinski definition) is 1. The molecule has 0 spiro atoms. The van der Waals surface area contributed by atoms with Gasteiger partial charge in [-0.3, -0.25) is 10.1 Å². The van der Waals surface area contributed by atoms with Gasteiger partial charge in [0.2, 0.25) is 0 Å². The minimum Gasteiger partial charge on any atom is -0.475 e. The number of thioether (sulfide) groups is 1. The minimum absolute atomic E-state index is 0.139. The lowest BCUT2D eigenvalue weighted by atomic mass is 10.1. The molecule has 0 radical (unpaired) electrons. The Hall–Kier alpha value is -0.780. The first-order valence-electron chi connectivity index (χ1n) is 3.61. The number of hydrogen-bond acceptors (Lipinski definition) is 4. The molecule has 12 heavy (non-hydrogen) atoms. The summed E-state index contributed by atoms with van der Waals surface area (Å²) < 4.78 is 0. The van der Waals surface area contributed by atoms with E-state index in [0.717, 1.165) is 18.2 Å². The van der Waals surface area contributed by atoms with E-state index >= 15 is 0 Å². The molecular weight excluding hydrogens is 182 g/mol. The highest BCUT2D eigenvalue weighted by Crippen LogP contribution is 2.36. The second kappa shape index (κ2) is 3.30. The number of aliphatic carboxylic acids is 1. The highest BCUT2D eigenvalue weighted by atomic mass is 32.2. The highest BCUT2D eigenvalue weighted by Gasteiger charge is 2.52. The lowest BCUT2D eigenvalue weighted by molar-refractivity contribution is -0.526. The van der Waals surface area contributed by atoms with Crippen molar-refractivity contribution in [1.29, 1.82) is 0 Å². The van der Waals surface area contributed by atoms with Gasteiger partial charge in [-0.25, -0.2) is 4.79 Å². The van der Waals surface area contributed by atoms with Crippen LogP contribution in [0.2, 0.25) is 0 Å². The minimum atomic E-state index is -1.77. The van der Waals surface area contributed by atoms with Crippen LogP contribution in [0.15, 0.2) is 0 Å². The summed E-state index contributed by atoms with van der Waals surface area (Å²) in [5.41, 5.74) is 0. The molecular formula is C6H9NO4S. The van der Waals surface area contributed by atoms with E-state index in [1.165, 1.54) is 0 Å². The maximum atomic E-state index is 10.7. The number of nitro groups is 1. The molecule has 1 fully saturated rings. The molecule has 1 unspecified atom stereocenters. The maximum absolute atomic E-state index is 10.7. The Morgan fingerprint density at radius 1 is 1.58 bits per heavy atom. The molecule has 68 valence electrons. The van der Waals surface area contributed by atoms with Gasteiger partial charge in [0.15, 0.2) is 0 Å². The van der Waals surface area contributed by atoms with Crippen molar-refractivity contribution in [3.63, 3.8) is 0 Å². The molecule has 1 heterocycles. The van der Waals surface area contributed by atoms with Gasteiger partial charge in [-0.1, -0.05) is 11.8 Å². The molecule has 6 heteroatoms. The second-order valence-corrected chi connectivity index (χ2v) is 4.02. The summed E-state index contributed by atoms with van der Waals surface area (Å²) in [4.78, 5) is 18.7. The van der Waals surface area contributed by atoms with Gasteiger partial charge in [-0.15, -0.1) is 0 Å². The molecule has 0 amide bonds. The van der Waals surface area contributed by atoms with Crippen LogP contribution in [0.1, 0.15) is 19.3 Å². The molecule has 1 aliphatic rings. The van der Waals surface area contributed by atoms with E-state index in [1.54, 1.807) is 0 Å². The van der Waals surface area contributed by atoms with E-state index < -0.39 is 15.8 Å². The third-order valence-corrected chi connectivity index (χ3v) is 3.38. The molecule has 1 aliphatic heterocycles. The quantitative estimate of drug-likeness (QED) is 0.519. The van der Waals surface area contributed by atoms with Crippen molar-refractivity contribution in [3.8, 4) is 0 Å². The van der Waals surface area contributed by atoms with Crippen LogP contribution in [0.25, 0.3) is 0 Å². The predicted octanol–water partition coefficient (Wildman–Crippen LogP) is 0.961. The smallest absolute Gasteiger partial charge is 0.393 e. The molecule has 1 N–H and O–H groups in total. The Morgan fingerprint density at radius 3 is 2.50 bits per heavy atom. The van der Waals surface area contributed by atoms with Gasteiger partial charge in [0.05, 0.1) is 0 Å². The third-order valence-electron chi connectivity index (χ3n) is 1.88. The first-order valence-corrected chi connectivity index (χ1v) is 4.60. The summed E-state index contributed by atoms with van der Waals surface area (Å²) in [7, 11) is 0. The largest absolute Gasteiger partial charge is 0.475 e. The van der Waals surface area contributed by atoms with Crippen LogP contribution in [0.4, 0.5) is 0 Å².